The average Bonchev–Trinajstić information content (AvgIpc) is 3.51. The van der Waals surface area contributed by atoms with Crippen LogP contribution in [0, 0.1) is 22.7 Å². The average molecular weight is 913 g/mol. The number of hydrogen-bond acceptors (Lipinski definition) is 17. The first kappa shape index (κ1) is 38.0. The van der Waals surface area contributed by atoms with Gasteiger partial charge in [-0.25, -0.2) is 14.4 Å². The van der Waals surface area contributed by atoms with Gasteiger partial charge in [-0.15, -0.1) is 0 Å². The number of esters is 4. The fraction of sp³-hybridized carbons (Fsp3) is 0.717. The SMILES string of the molecule is [2H]C([2H])([2H])C(OC(=O)N[C@@H](CC(C)C)[C@@H](O)C(=O)O[C@H]1C[C@]2(C(C)(C)O)C(=C1C)[C@H](OC(C)=O)C1OC([C@@H](O)CO)OC3C[C@H]4OC[C@@]4(OC(C)=O)[C@@H]([C@@H]2OC(=O)c2ccccc2)[C@@]31C)(C([2H])([2H])[2H])C([2H])([2H])[2H]. The van der Waals surface area contributed by atoms with Crippen LogP contribution in [0.3, 0.4) is 0 Å². The molecule has 1 aromatic rings. The number of hydrogen-bond donors (Lipinski definition) is 5. The van der Waals surface area contributed by atoms with Crippen LogP contribution >= 0.6 is 0 Å². The van der Waals surface area contributed by atoms with Gasteiger partial charge in [-0.05, 0) is 76.9 Å². The summed E-state index contributed by atoms with van der Waals surface area (Å²) in [4.78, 5) is 69.5. The maximum Gasteiger partial charge on any atom is 0.407 e. The van der Waals surface area contributed by atoms with Crippen molar-refractivity contribution < 1.29 is 94.6 Å². The Morgan fingerprint density at radius 2 is 1.66 bits per heavy atom. The molecule has 3 unspecified atom stereocenters. The van der Waals surface area contributed by atoms with Gasteiger partial charge in [0.25, 0.3) is 0 Å². The molecule has 2 saturated carbocycles. The van der Waals surface area contributed by atoms with Gasteiger partial charge in [0.05, 0.1) is 47.9 Å². The Balaban J connectivity index is 1.54. The Kier molecular flexibility index (Phi) is 10.6. The topological polar surface area (TPSA) is 252 Å². The monoisotopic (exact) mass is 912 g/mol. The maximum absolute atomic E-state index is 14.7. The molecule has 0 bridgehead atoms. The highest BCUT2D eigenvalue weighted by molar-refractivity contribution is 5.89. The molecule has 0 aromatic heterocycles. The van der Waals surface area contributed by atoms with E-state index in [1.807, 2.05) is 0 Å². The summed E-state index contributed by atoms with van der Waals surface area (Å²) in [6.45, 7) is -1.76. The van der Waals surface area contributed by atoms with Gasteiger partial charge in [-0.1, -0.05) is 39.0 Å². The highest BCUT2D eigenvalue weighted by Gasteiger charge is 2.81. The zero-order valence-corrected chi connectivity index (χ0v) is 36.9. The van der Waals surface area contributed by atoms with E-state index in [9.17, 15) is 44.4 Å². The third-order valence-corrected chi connectivity index (χ3v) is 13.4. The number of benzene rings is 1. The predicted molar refractivity (Wildman–Crippen MR) is 223 cm³/mol. The number of carbonyl (C=O) groups excluding carboxylic acids is 5. The number of carbonyl (C=O) groups is 5. The molecule has 2 heterocycles. The molecule has 2 aliphatic heterocycles. The fourth-order valence-electron chi connectivity index (χ4n) is 10.8. The van der Waals surface area contributed by atoms with E-state index in [4.69, 9.17) is 50.2 Å². The Labute approximate surface area is 385 Å². The van der Waals surface area contributed by atoms with Crippen molar-refractivity contribution >= 4 is 30.0 Å². The summed E-state index contributed by atoms with van der Waals surface area (Å²) < 4.78 is 120. The smallest absolute Gasteiger partial charge is 0.407 e. The standard InChI is InChI=1S/C46H65NO17/c1-22(2)17-27(47-41(55)64-42(6,7)8)33(52)39(54)59-29-19-45(43(9,10)56)32(23(29)3)34(58-24(4)49)36-44(11)30(60-40(62-36)28(51)20-48)18-31-46(21-57-31,63-25(5)50)35(44)37(45)61-38(53)26-15-13-12-14-16-26/h12-16,22,27-31,33-37,40,48,51-52,56H,17-21H2,1-11H3,(H,47,55)/t27-,28-,29-,30?,31+,33+,34-,35-,36?,37-,40?,44+,45-,46-/m0/s1/i6D3,7D3,8D3. The van der Waals surface area contributed by atoms with Gasteiger partial charge in [0, 0.05) is 44.4 Å². The van der Waals surface area contributed by atoms with Crippen LogP contribution in [-0.4, -0.2) is 142 Å². The fourth-order valence-corrected chi connectivity index (χ4v) is 10.8. The Hall–Kier alpha value is -4.17. The zero-order chi connectivity index (χ0) is 55.0. The molecule has 6 rings (SSSR count). The molecule has 14 atom stereocenters. The molecular formula is C46H65NO17. The lowest BCUT2D eigenvalue weighted by Crippen LogP contribution is -2.80. The highest BCUT2D eigenvalue weighted by Crippen LogP contribution is 2.70. The minimum absolute atomic E-state index is 0.0163. The predicted octanol–water partition coefficient (Wildman–Crippen LogP) is 3.04. The maximum atomic E-state index is 14.7. The quantitative estimate of drug-likeness (QED) is 0.108. The van der Waals surface area contributed by atoms with Crippen LogP contribution in [0.25, 0.3) is 0 Å². The molecule has 0 radical (unpaired) electrons. The summed E-state index contributed by atoms with van der Waals surface area (Å²) in [6, 6.07) is 5.95. The van der Waals surface area contributed by atoms with E-state index < -0.39 is 164 Å². The van der Waals surface area contributed by atoms with E-state index in [-0.39, 0.29) is 36.2 Å². The van der Waals surface area contributed by atoms with E-state index in [2.05, 4.69) is 5.32 Å². The van der Waals surface area contributed by atoms with Crippen LogP contribution in [0.1, 0.15) is 118 Å². The third-order valence-electron chi connectivity index (χ3n) is 13.4. The van der Waals surface area contributed by atoms with Crippen molar-refractivity contribution in [1.82, 2.24) is 5.32 Å². The number of nitrogens with one attached hydrogen (secondary N) is 1. The molecule has 1 amide bonds. The molecule has 356 valence electrons. The lowest BCUT2D eigenvalue weighted by Gasteiger charge is -2.67. The summed E-state index contributed by atoms with van der Waals surface area (Å²) >= 11 is 0. The molecule has 64 heavy (non-hydrogen) atoms. The number of alkyl carbamates (subject to hydrolysis) is 1. The van der Waals surface area contributed by atoms with Gasteiger partial charge in [-0.2, -0.15) is 0 Å². The molecule has 18 heteroatoms. The third kappa shape index (κ3) is 8.78. The van der Waals surface area contributed by atoms with Crippen LogP contribution in [0.4, 0.5) is 4.79 Å². The number of rotatable bonds is 13. The minimum Gasteiger partial charge on any atom is -0.457 e. The van der Waals surface area contributed by atoms with E-state index in [1.165, 1.54) is 32.9 Å². The normalized spacial score (nSPS) is 37.3. The molecule has 5 aliphatic rings. The van der Waals surface area contributed by atoms with Crippen molar-refractivity contribution in [2.24, 2.45) is 22.7 Å². The highest BCUT2D eigenvalue weighted by atomic mass is 16.7. The summed E-state index contributed by atoms with van der Waals surface area (Å²) in [5.41, 5.74) is -11.5. The molecule has 4 fully saturated rings. The number of aliphatic hydroxyl groups is 4. The second kappa shape index (κ2) is 17.9. The lowest BCUT2D eigenvalue weighted by molar-refractivity contribution is -0.407. The number of amides is 1. The molecule has 18 nitrogen and oxygen atoms in total. The van der Waals surface area contributed by atoms with Gasteiger partial charge in [-0.3, -0.25) is 9.59 Å². The summed E-state index contributed by atoms with van der Waals surface area (Å²) in [7, 11) is 0. The lowest BCUT2D eigenvalue weighted by atomic mass is 9.49. The number of aliphatic hydroxyl groups excluding tert-OH is 3. The Bertz CT molecular complexity index is 2270. The van der Waals surface area contributed by atoms with Crippen LogP contribution in [0.5, 0.6) is 0 Å². The Morgan fingerprint density at radius 3 is 2.20 bits per heavy atom. The van der Waals surface area contributed by atoms with Crippen LogP contribution in [0.2, 0.25) is 0 Å². The molecule has 5 N–H and O–H groups in total. The molecule has 2 saturated heterocycles. The molecule has 1 aromatic carbocycles. The van der Waals surface area contributed by atoms with E-state index in [0.717, 1.165) is 13.8 Å². The van der Waals surface area contributed by atoms with Crippen molar-refractivity contribution in [2.75, 3.05) is 13.2 Å². The van der Waals surface area contributed by atoms with Gasteiger partial charge in [0.2, 0.25) is 0 Å². The van der Waals surface area contributed by atoms with E-state index in [0.29, 0.717) is 0 Å². The van der Waals surface area contributed by atoms with Crippen LogP contribution < -0.4 is 5.32 Å². The second-order valence-corrected chi connectivity index (χ2v) is 18.6. The number of ether oxygens (including phenoxy) is 8. The molecule has 0 spiro atoms. The van der Waals surface area contributed by atoms with E-state index >= 15 is 0 Å². The Morgan fingerprint density at radius 1 is 0.984 bits per heavy atom. The first-order valence-corrected chi connectivity index (χ1v) is 21.1. The van der Waals surface area contributed by atoms with Crippen LogP contribution in [-0.2, 0) is 52.3 Å². The minimum atomic E-state index is -4.07. The number of fused-ring (bicyclic) bond motifs is 3. The second-order valence-electron chi connectivity index (χ2n) is 18.6. The van der Waals surface area contributed by atoms with Crippen molar-refractivity contribution in [1.29, 1.82) is 0 Å². The summed E-state index contributed by atoms with van der Waals surface area (Å²) in [5, 5.41) is 48.1. The van der Waals surface area contributed by atoms with Gasteiger partial charge >= 0.3 is 30.0 Å². The van der Waals surface area contributed by atoms with Gasteiger partial charge in [0.1, 0.15) is 36.1 Å². The van der Waals surface area contributed by atoms with E-state index in [1.54, 1.807) is 39.0 Å². The first-order valence-electron chi connectivity index (χ1n) is 25.6. The molecular weight excluding hydrogens is 838 g/mol. The van der Waals surface area contributed by atoms with Gasteiger partial charge < -0.3 is 63.6 Å². The van der Waals surface area contributed by atoms with Gasteiger partial charge in [0.15, 0.2) is 24.1 Å². The van der Waals surface area contributed by atoms with Crippen molar-refractivity contribution in [3.8, 4) is 0 Å². The summed E-state index contributed by atoms with van der Waals surface area (Å²) in [6.07, 6.45) is -17.0. The van der Waals surface area contributed by atoms with Crippen molar-refractivity contribution in [3.63, 3.8) is 0 Å². The molecule has 3 aliphatic carbocycles. The van der Waals surface area contributed by atoms with Crippen molar-refractivity contribution in [2.45, 2.75) is 173 Å². The largest absolute Gasteiger partial charge is 0.457 e. The summed E-state index contributed by atoms with van der Waals surface area (Å²) in [5.74, 6) is -5.93. The van der Waals surface area contributed by atoms with Crippen molar-refractivity contribution in [3.05, 3.63) is 47.0 Å². The zero-order valence-electron chi connectivity index (χ0n) is 45.9. The first-order chi connectivity index (χ1) is 33.5. The van der Waals surface area contributed by atoms with Crippen LogP contribution in [0.15, 0.2) is 41.5 Å².